The molecule has 5 heteroatoms. The van der Waals surface area contributed by atoms with E-state index in [1.807, 2.05) is 63.2 Å². The van der Waals surface area contributed by atoms with Crippen molar-refractivity contribution in [1.82, 2.24) is 0 Å². The van der Waals surface area contributed by atoms with Gasteiger partial charge in [0.25, 0.3) is 0 Å². The van der Waals surface area contributed by atoms with Gasteiger partial charge in [-0.3, -0.25) is 4.79 Å². The van der Waals surface area contributed by atoms with Crippen LogP contribution in [-0.2, 0) is 32.0 Å². The predicted molar refractivity (Wildman–Crippen MR) is 115 cm³/mol. The fourth-order valence-electron chi connectivity index (χ4n) is 2.76. The topological polar surface area (TPSA) is 64.6 Å². The highest BCUT2D eigenvalue weighted by Gasteiger charge is 2.15. The van der Waals surface area contributed by atoms with E-state index in [-0.39, 0.29) is 5.97 Å². The number of benzene rings is 2. The second-order valence-electron chi connectivity index (χ2n) is 7.70. The van der Waals surface area contributed by atoms with Crippen LogP contribution in [0.1, 0.15) is 43.9 Å². The molecule has 0 spiro atoms. The quantitative estimate of drug-likeness (QED) is 0.516. The minimum Gasteiger partial charge on any atom is -0.466 e. The van der Waals surface area contributed by atoms with Crippen LogP contribution in [0.4, 0.5) is 5.69 Å². The summed E-state index contributed by atoms with van der Waals surface area (Å²) in [5.41, 5.74) is 3.57. The highest BCUT2D eigenvalue weighted by atomic mass is 16.6. The summed E-state index contributed by atoms with van der Waals surface area (Å²) in [7, 11) is 1.35. The average molecular weight is 395 g/mol. The van der Waals surface area contributed by atoms with E-state index in [0.29, 0.717) is 19.4 Å². The SMILES string of the molecule is COC(=O)C=Cc1ccccc1NCc1cccc(CCC(=O)OC(C)(C)C)c1. The van der Waals surface area contributed by atoms with Crippen LogP contribution in [0.3, 0.4) is 0 Å². The van der Waals surface area contributed by atoms with Crippen molar-refractivity contribution < 1.29 is 19.1 Å². The number of methoxy groups -OCH3 is 1. The second-order valence-corrected chi connectivity index (χ2v) is 7.70. The minimum atomic E-state index is -0.460. The van der Waals surface area contributed by atoms with Gasteiger partial charge in [0.15, 0.2) is 0 Å². The first-order valence-corrected chi connectivity index (χ1v) is 9.65. The Kier molecular flexibility index (Phi) is 8.01. The van der Waals surface area contributed by atoms with Gasteiger partial charge in [0, 0.05) is 24.7 Å². The Hall–Kier alpha value is -3.08. The Morgan fingerprint density at radius 3 is 2.48 bits per heavy atom. The number of para-hydroxylation sites is 1. The van der Waals surface area contributed by atoms with Crippen LogP contribution in [0, 0.1) is 0 Å². The molecule has 0 aromatic heterocycles. The van der Waals surface area contributed by atoms with E-state index in [1.54, 1.807) is 6.08 Å². The van der Waals surface area contributed by atoms with Gasteiger partial charge in [0.2, 0.25) is 0 Å². The molecule has 0 radical (unpaired) electrons. The first-order chi connectivity index (χ1) is 13.8. The molecule has 0 aliphatic heterocycles. The third kappa shape index (κ3) is 8.21. The molecule has 0 aliphatic rings. The normalized spacial score (nSPS) is 11.3. The molecule has 2 rings (SSSR count). The van der Waals surface area contributed by atoms with Crippen LogP contribution in [0.15, 0.2) is 54.6 Å². The number of carbonyl (C=O) groups excluding carboxylic acids is 2. The number of rotatable bonds is 8. The van der Waals surface area contributed by atoms with E-state index in [2.05, 4.69) is 16.1 Å². The number of hydrogen-bond acceptors (Lipinski definition) is 5. The van der Waals surface area contributed by atoms with Crippen LogP contribution < -0.4 is 5.32 Å². The van der Waals surface area contributed by atoms with Crippen molar-refractivity contribution in [2.24, 2.45) is 0 Å². The zero-order chi connectivity index (χ0) is 21.3. The van der Waals surface area contributed by atoms with Gasteiger partial charge in [0.1, 0.15) is 5.60 Å². The van der Waals surface area contributed by atoms with Crippen molar-refractivity contribution in [3.63, 3.8) is 0 Å². The summed E-state index contributed by atoms with van der Waals surface area (Å²) in [6, 6.07) is 15.9. The van der Waals surface area contributed by atoms with Gasteiger partial charge in [-0.1, -0.05) is 42.5 Å². The van der Waals surface area contributed by atoms with Crippen molar-refractivity contribution in [2.45, 2.75) is 45.8 Å². The molecule has 154 valence electrons. The van der Waals surface area contributed by atoms with Gasteiger partial charge in [-0.15, -0.1) is 0 Å². The lowest BCUT2D eigenvalue weighted by molar-refractivity contribution is -0.154. The van der Waals surface area contributed by atoms with E-state index < -0.39 is 11.6 Å². The Bertz CT molecular complexity index is 865. The van der Waals surface area contributed by atoms with Crippen LogP contribution in [-0.4, -0.2) is 24.6 Å². The Balaban J connectivity index is 1.97. The second kappa shape index (κ2) is 10.5. The molecule has 29 heavy (non-hydrogen) atoms. The molecule has 0 unspecified atom stereocenters. The zero-order valence-electron chi connectivity index (χ0n) is 17.5. The summed E-state index contributed by atoms with van der Waals surface area (Å²) in [5, 5.41) is 3.40. The summed E-state index contributed by atoms with van der Waals surface area (Å²) in [6.45, 7) is 6.24. The van der Waals surface area contributed by atoms with Crippen molar-refractivity contribution in [2.75, 3.05) is 12.4 Å². The molecule has 0 atom stereocenters. The van der Waals surface area contributed by atoms with Gasteiger partial charge in [-0.2, -0.15) is 0 Å². The van der Waals surface area contributed by atoms with E-state index in [4.69, 9.17) is 4.74 Å². The number of esters is 2. The summed E-state index contributed by atoms with van der Waals surface area (Å²) in [5.74, 6) is -0.579. The monoisotopic (exact) mass is 395 g/mol. The van der Waals surface area contributed by atoms with E-state index >= 15 is 0 Å². The van der Waals surface area contributed by atoms with Gasteiger partial charge >= 0.3 is 11.9 Å². The van der Waals surface area contributed by atoms with Crippen molar-refractivity contribution in [3.05, 3.63) is 71.3 Å². The van der Waals surface area contributed by atoms with Gasteiger partial charge in [-0.05, 0) is 56.0 Å². The molecule has 0 amide bonds. The molecular formula is C24H29NO4. The van der Waals surface area contributed by atoms with Crippen LogP contribution in [0.5, 0.6) is 0 Å². The largest absolute Gasteiger partial charge is 0.466 e. The molecule has 0 saturated heterocycles. The molecule has 0 aliphatic carbocycles. The van der Waals surface area contributed by atoms with Crippen molar-refractivity contribution in [3.8, 4) is 0 Å². The summed E-state index contributed by atoms with van der Waals surface area (Å²) >= 11 is 0. The molecule has 0 bridgehead atoms. The lowest BCUT2D eigenvalue weighted by atomic mass is 10.1. The highest BCUT2D eigenvalue weighted by Crippen LogP contribution is 2.18. The fourth-order valence-corrected chi connectivity index (χ4v) is 2.76. The molecule has 0 saturated carbocycles. The number of nitrogens with one attached hydrogen (secondary N) is 1. The van der Waals surface area contributed by atoms with Gasteiger partial charge in [0.05, 0.1) is 7.11 Å². The number of aryl methyl sites for hydroxylation is 1. The first-order valence-electron chi connectivity index (χ1n) is 9.65. The third-order valence-corrected chi connectivity index (χ3v) is 4.07. The molecule has 2 aromatic carbocycles. The predicted octanol–water partition coefficient (Wildman–Crippen LogP) is 4.76. The Morgan fingerprint density at radius 2 is 1.76 bits per heavy atom. The molecular weight excluding hydrogens is 366 g/mol. The lowest BCUT2D eigenvalue weighted by Crippen LogP contribution is -2.24. The van der Waals surface area contributed by atoms with Gasteiger partial charge < -0.3 is 14.8 Å². The van der Waals surface area contributed by atoms with Crippen LogP contribution >= 0.6 is 0 Å². The van der Waals surface area contributed by atoms with Crippen molar-refractivity contribution >= 4 is 23.7 Å². The lowest BCUT2D eigenvalue weighted by Gasteiger charge is -2.19. The number of carbonyl (C=O) groups is 2. The molecule has 2 aromatic rings. The maximum atomic E-state index is 11.9. The van der Waals surface area contributed by atoms with Gasteiger partial charge in [-0.25, -0.2) is 4.79 Å². The van der Waals surface area contributed by atoms with Crippen LogP contribution in [0.25, 0.3) is 6.08 Å². The van der Waals surface area contributed by atoms with E-state index in [1.165, 1.54) is 13.2 Å². The van der Waals surface area contributed by atoms with E-state index in [9.17, 15) is 9.59 Å². The number of anilines is 1. The van der Waals surface area contributed by atoms with Crippen molar-refractivity contribution in [1.29, 1.82) is 0 Å². The first kappa shape index (κ1) is 22.2. The van der Waals surface area contributed by atoms with Crippen LogP contribution in [0.2, 0.25) is 0 Å². The summed E-state index contributed by atoms with van der Waals surface area (Å²) < 4.78 is 10.0. The number of ether oxygens (including phenoxy) is 2. The molecule has 0 fully saturated rings. The third-order valence-electron chi connectivity index (χ3n) is 4.07. The number of hydrogen-bond donors (Lipinski definition) is 1. The molecule has 0 heterocycles. The Morgan fingerprint density at radius 1 is 1.03 bits per heavy atom. The average Bonchev–Trinajstić information content (AvgIpc) is 2.68. The molecule has 5 nitrogen and oxygen atoms in total. The zero-order valence-corrected chi connectivity index (χ0v) is 17.5. The maximum Gasteiger partial charge on any atom is 0.330 e. The molecule has 1 N–H and O–H groups in total. The minimum absolute atomic E-state index is 0.188. The summed E-state index contributed by atoms with van der Waals surface area (Å²) in [6.07, 6.45) is 4.12. The maximum absolute atomic E-state index is 11.9. The summed E-state index contributed by atoms with van der Waals surface area (Å²) in [4.78, 5) is 23.3. The van der Waals surface area contributed by atoms with E-state index in [0.717, 1.165) is 22.4 Å². The standard InChI is InChI=1S/C24H29NO4/c1-24(2,3)29-23(27)14-12-18-8-7-9-19(16-18)17-25-21-11-6-5-10-20(21)13-15-22(26)28-4/h5-11,13,15-16,25H,12,14,17H2,1-4H3. The highest BCUT2D eigenvalue weighted by molar-refractivity contribution is 5.88. The Labute approximate surface area is 172 Å². The fraction of sp³-hybridized carbons (Fsp3) is 0.333. The smallest absolute Gasteiger partial charge is 0.330 e.